The van der Waals surface area contributed by atoms with Gasteiger partial charge in [0.1, 0.15) is 5.25 Å². The van der Waals surface area contributed by atoms with Crippen molar-refractivity contribution in [3.8, 4) is 0 Å². The summed E-state index contributed by atoms with van der Waals surface area (Å²) in [5.74, 6) is 0. The first kappa shape index (κ1) is 23.8. The largest absolute Gasteiger partial charge is 0.340 e. The first-order chi connectivity index (χ1) is 15.9. The van der Waals surface area contributed by atoms with Crippen LogP contribution in [0.4, 0.5) is 11.4 Å². The molecule has 4 rings (SSSR count). The Labute approximate surface area is 201 Å². The van der Waals surface area contributed by atoms with Crippen molar-refractivity contribution < 1.29 is 13.0 Å². The number of aryl methyl sites for hydroxylation is 2. The standard InChI is InChI=1S/C26H30N2O3S2/c1-3-9-19-17-20(10-4-2)26-23(18-19)28(22-12-5-6-13-24(22)32-26)16-14-25(33(29,30)31)21-11-7-8-15-27-21/h5-8,11-13,15,17-18,25H,3-4,9-10,14,16H2,1-2H3,(H,29,30,31). The van der Waals surface area contributed by atoms with Gasteiger partial charge in [0, 0.05) is 22.5 Å². The minimum absolute atomic E-state index is 0.232. The van der Waals surface area contributed by atoms with Gasteiger partial charge in [-0.1, -0.05) is 62.7 Å². The Hall–Kier alpha value is -2.35. The molecule has 0 radical (unpaired) electrons. The number of anilines is 2. The van der Waals surface area contributed by atoms with Crippen molar-refractivity contribution in [3.63, 3.8) is 0 Å². The molecule has 2 aromatic carbocycles. The second-order valence-corrected chi connectivity index (χ2v) is 11.0. The fourth-order valence-electron chi connectivity index (χ4n) is 4.45. The zero-order chi connectivity index (χ0) is 23.4. The Morgan fingerprint density at radius 1 is 1.00 bits per heavy atom. The number of aromatic nitrogens is 1. The van der Waals surface area contributed by atoms with Crippen LogP contribution < -0.4 is 4.90 Å². The van der Waals surface area contributed by atoms with Gasteiger partial charge in [0.25, 0.3) is 10.1 Å². The normalized spacial score (nSPS) is 14.0. The Bertz CT molecular complexity index is 1210. The van der Waals surface area contributed by atoms with Gasteiger partial charge in [-0.15, -0.1) is 0 Å². The van der Waals surface area contributed by atoms with Crippen LogP contribution in [-0.2, 0) is 23.0 Å². The van der Waals surface area contributed by atoms with E-state index < -0.39 is 15.4 Å². The smallest absolute Gasteiger partial charge is 0.273 e. The fraction of sp³-hybridized carbons (Fsp3) is 0.346. The Morgan fingerprint density at radius 3 is 2.45 bits per heavy atom. The van der Waals surface area contributed by atoms with Crippen LogP contribution in [0.2, 0.25) is 0 Å². The number of benzene rings is 2. The third kappa shape index (κ3) is 5.26. The lowest BCUT2D eigenvalue weighted by Crippen LogP contribution is -2.26. The summed E-state index contributed by atoms with van der Waals surface area (Å²) in [5.41, 5.74) is 5.22. The van der Waals surface area contributed by atoms with E-state index in [1.54, 1.807) is 36.2 Å². The maximum atomic E-state index is 12.3. The molecular formula is C26H30N2O3S2. The Kier molecular flexibility index (Phi) is 7.41. The molecule has 0 saturated carbocycles. The molecule has 2 heterocycles. The van der Waals surface area contributed by atoms with Crippen molar-refractivity contribution in [3.05, 3.63) is 77.6 Å². The summed E-state index contributed by atoms with van der Waals surface area (Å²) < 4.78 is 34.5. The van der Waals surface area contributed by atoms with Crippen molar-refractivity contribution in [2.75, 3.05) is 11.4 Å². The molecule has 0 fully saturated rings. The molecule has 1 aromatic heterocycles. The van der Waals surface area contributed by atoms with E-state index in [9.17, 15) is 13.0 Å². The van der Waals surface area contributed by atoms with Gasteiger partial charge >= 0.3 is 0 Å². The molecule has 7 heteroatoms. The average Bonchev–Trinajstić information content (AvgIpc) is 2.79. The van der Waals surface area contributed by atoms with Crippen LogP contribution in [0.1, 0.15) is 55.2 Å². The number of rotatable bonds is 9. The highest BCUT2D eigenvalue weighted by Gasteiger charge is 2.30. The molecule has 1 atom stereocenters. The topological polar surface area (TPSA) is 70.5 Å². The zero-order valence-corrected chi connectivity index (χ0v) is 20.7. The fourth-order valence-corrected chi connectivity index (χ4v) is 6.52. The molecule has 0 spiro atoms. The number of pyridine rings is 1. The van der Waals surface area contributed by atoms with Crippen LogP contribution >= 0.6 is 11.8 Å². The van der Waals surface area contributed by atoms with Crippen molar-refractivity contribution in [1.82, 2.24) is 4.98 Å². The van der Waals surface area contributed by atoms with Gasteiger partial charge in [-0.05, 0) is 60.7 Å². The number of fused-ring (bicyclic) bond motifs is 2. The maximum Gasteiger partial charge on any atom is 0.273 e. The van der Waals surface area contributed by atoms with Crippen molar-refractivity contribution in [2.45, 2.75) is 61.0 Å². The van der Waals surface area contributed by atoms with Gasteiger partial charge in [0.15, 0.2) is 0 Å². The third-order valence-electron chi connectivity index (χ3n) is 5.92. The van der Waals surface area contributed by atoms with Crippen LogP contribution in [0.25, 0.3) is 0 Å². The van der Waals surface area contributed by atoms with Gasteiger partial charge in [-0.2, -0.15) is 8.42 Å². The van der Waals surface area contributed by atoms with E-state index >= 15 is 0 Å². The van der Waals surface area contributed by atoms with Crippen LogP contribution in [-0.4, -0.2) is 24.5 Å². The van der Waals surface area contributed by atoms with Gasteiger partial charge < -0.3 is 4.90 Å². The summed E-state index contributed by atoms with van der Waals surface area (Å²) >= 11 is 1.79. The number of para-hydroxylation sites is 1. The summed E-state index contributed by atoms with van der Waals surface area (Å²) in [7, 11) is -4.30. The average molecular weight is 483 g/mol. The van der Waals surface area contributed by atoms with Gasteiger partial charge in [0.05, 0.1) is 17.1 Å². The van der Waals surface area contributed by atoms with Gasteiger partial charge in [-0.3, -0.25) is 9.54 Å². The monoisotopic (exact) mass is 482 g/mol. The predicted molar refractivity (Wildman–Crippen MR) is 135 cm³/mol. The molecule has 1 aliphatic heterocycles. The minimum Gasteiger partial charge on any atom is -0.340 e. The zero-order valence-electron chi connectivity index (χ0n) is 19.1. The second-order valence-electron chi connectivity index (χ2n) is 8.37. The highest BCUT2D eigenvalue weighted by molar-refractivity contribution is 7.99. The van der Waals surface area contributed by atoms with Crippen LogP contribution in [0.5, 0.6) is 0 Å². The molecule has 174 valence electrons. The molecule has 3 aromatic rings. The first-order valence-electron chi connectivity index (χ1n) is 11.5. The number of hydrogen-bond donors (Lipinski definition) is 1. The first-order valence-corrected chi connectivity index (χ1v) is 13.8. The summed E-state index contributed by atoms with van der Waals surface area (Å²) in [6, 6.07) is 18.0. The van der Waals surface area contributed by atoms with Gasteiger partial charge in [0.2, 0.25) is 0 Å². The molecule has 1 aliphatic rings. The van der Waals surface area contributed by atoms with E-state index in [1.807, 2.05) is 12.1 Å². The highest BCUT2D eigenvalue weighted by Crippen LogP contribution is 2.50. The molecule has 0 aliphatic carbocycles. The molecule has 1 N–H and O–H groups in total. The molecule has 33 heavy (non-hydrogen) atoms. The van der Waals surface area contributed by atoms with E-state index in [0.29, 0.717) is 12.2 Å². The molecule has 0 saturated heterocycles. The van der Waals surface area contributed by atoms with Crippen LogP contribution in [0.3, 0.4) is 0 Å². The van der Waals surface area contributed by atoms with Crippen molar-refractivity contribution >= 4 is 33.3 Å². The number of hydrogen-bond acceptors (Lipinski definition) is 5. The van der Waals surface area contributed by atoms with Crippen LogP contribution in [0.15, 0.2) is 70.6 Å². The summed E-state index contributed by atoms with van der Waals surface area (Å²) in [4.78, 5) is 8.84. The summed E-state index contributed by atoms with van der Waals surface area (Å²) in [6.45, 7) is 4.83. The lowest BCUT2D eigenvalue weighted by atomic mass is 10.0. The van der Waals surface area contributed by atoms with E-state index in [2.05, 4.69) is 48.0 Å². The van der Waals surface area contributed by atoms with E-state index in [1.165, 1.54) is 16.0 Å². The van der Waals surface area contributed by atoms with E-state index in [0.717, 1.165) is 42.0 Å². The van der Waals surface area contributed by atoms with E-state index in [-0.39, 0.29) is 6.42 Å². The minimum atomic E-state index is -4.30. The van der Waals surface area contributed by atoms with E-state index in [4.69, 9.17) is 0 Å². The van der Waals surface area contributed by atoms with Crippen LogP contribution in [0, 0.1) is 0 Å². The highest BCUT2D eigenvalue weighted by atomic mass is 32.2. The second kappa shape index (κ2) is 10.3. The van der Waals surface area contributed by atoms with Gasteiger partial charge in [-0.25, -0.2) is 0 Å². The molecule has 1 unspecified atom stereocenters. The van der Waals surface area contributed by atoms with Crippen molar-refractivity contribution in [1.29, 1.82) is 0 Å². The molecule has 5 nitrogen and oxygen atoms in total. The lowest BCUT2D eigenvalue weighted by Gasteiger charge is -2.35. The Morgan fingerprint density at radius 2 is 1.76 bits per heavy atom. The molecule has 0 amide bonds. The SMILES string of the molecule is CCCc1cc(CCC)c2c(c1)N(CCC(c1ccccn1)S(=O)(=O)O)c1ccccc1S2. The maximum absolute atomic E-state index is 12.3. The third-order valence-corrected chi connectivity index (χ3v) is 8.35. The van der Waals surface area contributed by atoms with Crippen molar-refractivity contribution in [2.24, 2.45) is 0 Å². The summed E-state index contributed by atoms with van der Waals surface area (Å²) in [5, 5.41) is -1.07. The predicted octanol–water partition coefficient (Wildman–Crippen LogP) is 6.61. The number of nitrogens with zero attached hydrogens (tertiary/aromatic N) is 2. The quantitative estimate of drug-likeness (QED) is 0.346. The lowest BCUT2D eigenvalue weighted by molar-refractivity contribution is 0.463. The Balaban J connectivity index is 1.76. The molecule has 0 bridgehead atoms. The summed E-state index contributed by atoms with van der Waals surface area (Å²) in [6.07, 6.45) is 5.93. The molecular weight excluding hydrogens is 452 g/mol.